The van der Waals surface area contributed by atoms with Gasteiger partial charge in [0.05, 0.1) is 26.3 Å². The molecule has 0 saturated heterocycles. The van der Waals surface area contributed by atoms with Gasteiger partial charge in [-0.3, -0.25) is 19.6 Å². The van der Waals surface area contributed by atoms with Crippen LogP contribution in [0.3, 0.4) is 0 Å². The van der Waals surface area contributed by atoms with Crippen molar-refractivity contribution in [2.24, 2.45) is 0 Å². The summed E-state index contributed by atoms with van der Waals surface area (Å²) >= 11 is 2.80. The molecule has 0 radical (unpaired) electrons. The van der Waals surface area contributed by atoms with E-state index in [1.807, 2.05) is 0 Å². The first kappa shape index (κ1) is 19.4. The highest BCUT2D eigenvalue weighted by Crippen LogP contribution is 2.35. The number of nitriles is 1. The van der Waals surface area contributed by atoms with Crippen molar-refractivity contribution in [1.29, 1.82) is 5.26 Å². The second-order valence-electron chi connectivity index (χ2n) is 5.05. The van der Waals surface area contributed by atoms with E-state index in [0.29, 0.717) is 0 Å². The van der Waals surface area contributed by atoms with Crippen molar-refractivity contribution in [3.05, 3.63) is 49.7 Å². The third kappa shape index (κ3) is 3.99. The maximum atomic E-state index is 12.8. The number of rotatable bonds is 4. The molecule has 2 rings (SSSR count). The van der Waals surface area contributed by atoms with Crippen molar-refractivity contribution in [1.82, 2.24) is 9.78 Å². The fourth-order valence-corrected chi connectivity index (χ4v) is 2.54. The van der Waals surface area contributed by atoms with Gasteiger partial charge in [0, 0.05) is 12.1 Å². The molecule has 1 N–H and O–H groups in total. The smallest absolute Gasteiger partial charge is 0.323 e. The number of nitro benzene ring substituents is 1. The van der Waals surface area contributed by atoms with Crippen LogP contribution in [0.4, 0.5) is 24.5 Å². The molecule has 136 valence electrons. The lowest BCUT2D eigenvalue weighted by Gasteiger charge is -2.08. The van der Waals surface area contributed by atoms with Crippen molar-refractivity contribution in [2.75, 3.05) is 5.32 Å². The predicted molar refractivity (Wildman–Crippen MR) is 86.1 cm³/mol. The first-order valence-electron chi connectivity index (χ1n) is 6.83. The standard InChI is InChI=1S/C14H9BrF3N5O3/c1-7-12(15)13(14(16,17)18)21-22(7)6-11(24)20-10-3-2-9(23(25)26)4-8(10)5-19/h2-4H,6H2,1H3,(H,20,24). The molecule has 1 heterocycles. The number of nitro groups is 1. The average Bonchev–Trinajstić information content (AvgIpc) is 2.83. The Balaban J connectivity index is 2.23. The van der Waals surface area contributed by atoms with E-state index in [4.69, 9.17) is 5.26 Å². The van der Waals surface area contributed by atoms with Crippen LogP contribution in [0, 0.1) is 28.4 Å². The number of hydrogen-bond acceptors (Lipinski definition) is 5. The third-order valence-electron chi connectivity index (χ3n) is 3.30. The maximum absolute atomic E-state index is 12.8. The zero-order chi connectivity index (χ0) is 19.6. The highest BCUT2D eigenvalue weighted by molar-refractivity contribution is 9.10. The Labute approximate surface area is 152 Å². The number of amides is 1. The number of benzene rings is 1. The lowest BCUT2D eigenvalue weighted by molar-refractivity contribution is -0.384. The minimum absolute atomic E-state index is 0.00280. The zero-order valence-electron chi connectivity index (χ0n) is 13.0. The lowest BCUT2D eigenvalue weighted by atomic mass is 10.1. The molecule has 1 aromatic heterocycles. The summed E-state index contributed by atoms with van der Waals surface area (Å²) in [7, 11) is 0. The number of non-ortho nitro benzene ring substituents is 1. The highest BCUT2D eigenvalue weighted by Gasteiger charge is 2.38. The molecule has 26 heavy (non-hydrogen) atoms. The van der Waals surface area contributed by atoms with Gasteiger partial charge in [-0.1, -0.05) is 0 Å². The quantitative estimate of drug-likeness (QED) is 0.588. The van der Waals surface area contributed by atoms with E-state index in [1.165, 1.54) is 13.0 Å². The summed E-state index contributed by atoms with van der Waals surface area (Å²) in [5, 5.41) is 25.4. The Morgan fingerprint density at radius 3 is 2.65 bits per heavy atom. The molecule has 12 heteroatoms. The summed E-state index contributed by atoms with van der Waals surface area (Å²) in [6, 6.07) is 4.95. The molecule has 8 nitrogen and oxygen atoms in total. The van der Waals surface area contributed by atoms with Gasteiger partial charge in [0.2, 0.25) is 5.91 Å². The molecule has 0 spiro atoms. The molecule has 0 unspecified atom stereocenters. The minimum Gasteiger partial charge on any atom is -0.323 e. The predicted octanol–water partition coefficient (Wildman–Crippen LogP) is 3.39. The molecule has 1 aromatic carbocycles. The minimum atomic E-state index is -4.68. The fraction of sp³-hybridized carbons (Fsp3) is 0.214. The van der Waals surface area contributed by atoms with E-state index < -0.39 is 29.2 Å². The molecule has 0 aliphatic rings. The van der Waals surface area contributed by atoms with Crippen molar-refractivity contribution >= 4 is 33.2 Å². The van der Waals surface area contributed by atoms with Crippen molar-refractivity contribution < 1.29 is 22.9 Å². The molecular formula is C14H9BrF3N5O3. The van der Waals surface area contributed by atoms with E-state index in [-0.39, 0.29) is 27.1 Å². The Bertz CT molecular complexity index is 933. The summed E-state index contributed by atoms with van der Waals surface area (Å²) in [6.07, 6.45) is -4.68. The number of hydrogen-bond donors (Lipinski definition) is 1. The Hall–Kier alpha value is -2.94. The zero-order valence-corrected chi connectivity index (χ0v) is 14.6. The van der Waals surface area contributed by atoms with Crippen LogP contribution in [-0.4, -0.2) is 20.6 Å². The molecule has 0 aliphatic carbocycles. The number of halogens is 4. The van der Waals surface area contributed by atoms with Crippen LogP contribution < -0.4 is 5.32 Å². The second kappa shape index (κ2) is 7.12. The Morgan fingerprint density at radius 2 is 2.15 bits per heavy atom. The number of carbonyl (C=O) groups excluding carboxylic acids is 1. The number of anilines is 1. The monoisotopic (exact) mass is 431 g/mol. The lowest BCUT2D eigenvalue weighted by Crippen LogP contribution is -2.21. The molecule has 0 aliphatic heterocycles. The average molecular weight is 432 g/mol. The van der Waals surface area contributed by atoms with E-state index in [9.17, 15) is 28.1 Å². The molecule has 2 aromatic rings. The summed E-state index contributed by atoms with van der Waals surface area (Å²) in [5.74, 6) is -0.748. The van der Waals surface area contributed by atoms with Gasteiger partial charge in [-0.2, -0.15) is 23.5 Å². The summed E-state index contributed by atoms with van der Waals surface area (Å²) < 4.78 is 39.1. The largest absolute Gasteiger partial charge is 0.436 e. The van der Waals surface area contributed by atoms with Crippen molar-refractivity contribution in [3.8, 4) is 6.07 Å². The van der Waals surface area contributed by atoms with Crippen LogP contribution in [0.25, 0.3) is 0 Å². The van der Waals surface area contributed by atoms with Gasteiger partial charge >= 0.3 is 6.18 Å². The van der Waals surface area contributed by atoms with E-state index >= 15 is 0 Å². The van der Waals surface area contributed by atoms with Crippen LogP contribution in [0.5, 0.6) is 0 Å². The molecule has 0 fully saturated rings. The van der Waals surface area contributed by atoms with Crippen molar-refractivity contribution in [2.45, 2.75) is 19.6 Å². The third-order valence-corrected chi connectivity index (χ3v) is 4.25. The first-order chi connectivity index (χ1) is 12.0. The maximum Gasteiger partial charge on any atom is 0.436 e. The van der Waals surface area contributed by atoms with Crippen molar-refractivity contribution in [3.63, 3.8) is 0 Å². The van der Waals surface area contributed by atoms with Gasteiger partial charge in [0.15, 0.2) is 5.69 Å². The Morgan fingerprint density at radius 1 is 1.50 bits per heavy atom. The normalized spacial score (nSPS) is 11.1. The SMILES string of the molecule is Cc1c(Br)c(C(F)(F)F)nn1CC(=O)Nc1ccc([N+](=O)[O-])cc1C#N. The number of nitrogens with one attached hydrogen (secondary N) is 1. The Kier molecular flexibility index (Phi) is 5.31. The number of carbonyl (C=O) groups is 1. The van der Waals surface area contributed by atoms with Crippen LogP contribution in [-0.2, 0) is 17.5 Å². The van der Waals surface area contributed by atoms with Crippen LogP contribution >= 0.6 is 15.9 Å². The topological polar surface area (TPSA) is 114 Å². The molecule has 1 amide bonds. The van der Waals surface area contributed by atoms with E-state index in [0.717, 1.165) is 16.8 Å². The highest BCUT2D eigenvalue weighted by atomic mass is 79.9. The first-order valence-corrected chi connectivity index (χ1v) is 7.62. The molecular weight excluding hydrogens is 423 g/mol. The molecule has 0 saturated carbocycles. The van der Waals surface area contributed by atoms with E-state index in [2.05, 4.69) is 26.3 Å². The number of alkyl halides is 3. The number of nitrogens with zero attached hydrogens (tertiary/aromatic N) is 4. The van der Waals surface area contributed by atoms with Gasteiger partial charge in [-0.05, 0) is 28.9 Å². The number of aromatic nitrogens is 2. The van der Waals surface area contributed by atoms with Crippen LogP contribution in [0.1, 0.15) is 17.0 Å². The molecule has 0 bridgehead atoms. The second-order valence-corrected chi connectivity index (χ2v) is 5.84. The van der Waals surface area contributed by atoms with Crippen LogP contribution in [0.15, 0.2) is 22.7 Å². The summed E-state index contributed by atoms with van der Waals surface area (Å²) in [4.78, 5) is 22.1. The van der Waals surface area contributed by atoms with Gasteiger partial charge in [-0.25, -0.2) is 0 Å². The summed E-state index contributed by atoms with van der Waals surface area (Å²) in [5.41, 5.74) is -1.54. The van der Waals surface area contributed by atoms with Crippen LogP contribution in [0.2, 0.25) is 0 Å². The van der Waals surface area contributed by atoms with Gasteiger partial charge in [-0.15, -0.1) is 0 Å². The fourth-order valence-electron chi connectivity index (χ4n) is 2.03. The van der Waals surface area contributed by atoms with E-state index in [1.54, 1.807) is 6.07 Å². The van der Waals surface area contributed by atoms with Gasteiger partial charge in [0.25, 0.3) is 5.69 Å². The molecule has 0 atom stereocenters. The van der Waals surface area contributed by atoms with Gasteiger partial charge < -0.3 is 5.32 Å². The van der Waals surface area contributed by atoms with Gasteiger partial charge in [0.1, 0.15) is 12.6 Å². The summed E-state index contributed by atoms with van der Waals surface area (Å²) in [6.45, 7) is 0.814.